The van der Waals surface area contributed by atoms with Crippen molar-refractivity contribution in [1.82, 2.24) is 0 Å². The van der Waals surface area contributed by atoms with Gasteiger partial charge in [0.25, 0.3) is 0 Å². The molecule has 0 N–H and O–H groups in total. The number of anilines is 3. The number of nitrogens with zero attached hydrogens (tertiary/aromatic N) is 1. The van der Waals surface area contributed by atoms with E-state index in [0.29, 0.717) is 0 Å². The van der Waals surface area contributed by atoms with Crippen LogP contribution < -0.4 is 4.90 Å². The zero-order valence-electron chi connectivity index (χ0n) is 49.1. The molecule has 0 saturated heterocycles. The molecule has 14 rings (SSSR count). The zero-order chi connectivity index (χ0) is 56.5. The van der Waals surface area contributed by atoms with Crippen LogP contribution in [0.15, 0.2) is 249 Å². The minimum Gasteiger partial charge on any atom is -0.310 e. The van der Waals surface area contributed by atoms with Crippen LogP contribution in [0, 0.1) is 0 Å². The van der Waals surface area contributed by atoms with Gasteiger partial charge in [-0.1, -0.05) is 282 Å². The minimum atomic E-state index is -0.628. The first-order chi connectivity index (χ1) is 39.5. The lowest BCUT2D eigenvalue weighted by atomic mass is 9.66. The Bertz CT molecular complexity index is 4300. The second kappa shape index (κ2) is 18.6. The van der Waals surface area contributed by atoms with Crippen molar-refractivity contribution in [1.29, 1.82) is 0 Å². The number of hydrogen-bond donors (Lipinski definition) is 0. The molecule has 0 unspecified atom stereocenters. The molecular formula is C81H71N. The molecule has 11 aromatic rings. The van der Waals surface area contributed by atoms with E-state index in [1.165, 1.54) is 122 Å². The smallest absolute Gasteiger partial charge is 0.0714 e. The van der Waals surface area contributed by atoms with Gasteiger partial charge in [0.15, 0.2) is 0 Å². The van der Waals surface area contributed by atoms with Crippen LogP contribution in [0.1, 0.15) is 125 Å². The summed E-state index contributed by atoms with van der Waals surface area (Å²) in [6, 6.07) is 95.0. The molecule has 0 aliphatic heterocycles. The Kier molecular flexibility index (Phi) is 11.7. The molecule has 0 fully saturated rings. The van der Waals surface area contributed by atoms with Gasteiger partial charge in [-0.25, -0.2) is 0 Å². The normalized spacial score (nSPS) is 14.8. The third-order valence-corrected chi connectivity index (χ3v) is 18.9. The van der Waals surface area contributed by atoms with Crippen LogP contribution in [0.3, 0.4) is 0 Å². The van der Waals surface area contributed by atoms with Crippen LogP contribution >= 0.6 is 0 Å². The summed E-state index contributed by atoms with van der Waals surface area (Å²) in [5, 5.41) is 0. The predicted molar refractivity (Wildman–Crippen MR) is 347 cm³/mol. The Morgan fingerprint density at radius 2 is 0.707 bits per heavy atom. The first-order valence-electron chi connectivity index (χ1n) is 29.5. The molecule has 3 aliphatic carbocycles. The van der Waals surface area contributed by atoms with Crippen LogP contribution in [-0.2, 0) is 27.1 Å². The maximum Gasteiger partial charge on any atom is 0.0714 e. The van der Waals surface area contributed by atoms with E-state index >= 15 is 0 Å². The Hall–Kier alpha value is -8.78. The molecule has 11 aromatic carbocycles. The summed E-state index contributed by atoms with van der Waals surface area (Å²) in [6.07, 6.45) is 0. The zero-order valence-corrected chi connectivity index (χ0v) is 49.1. The van der Waals surface area contributed by atoms with E-state index in [2.05, 4.69) is 323 Å². The molecule has 0 saturated carbocycles. The Morgan fingerprint density at radius 3 is 1.33 bits per heavy atom. The summed E-state index contributed by atoms with van der Waals surface area (Å²) in [7, 11) is 0. The highest BCUT2D eigenvalue weighted by atomic mass is 15.1. The first kappa shape index (κ1) is 51.4. The van der Waals surface area contributed by atoms with E-state index < -0.39 is 5.41 Å². The van der Waals surface area contributed by atoms with Crippen LogP contribution in [0.25, 0.3) is 66.8 Å². The fourth-order valence-corrected chi connectivity index (χ4v) is 14.7. The minimum absolute atomic E-state index is 0.0560. The standard InChI is InChI=1S/C81H71N/c1-77(2,3)54-24-21-26-56(49-54)81(57-27-22-25-55(50-57)78(4,5)6)72-38-19-15-32-64(72)67-47-45-59(51-74(67)81)82(75-39-20-16-29-61(75)53-42-46-66-63-31-13-17-36-70(63)79(7,8)73(66)48-53)58-43-40-52(41-44-58)60-28-11-12-30-62(60)68-34-23-35-69-65-33-14-18-37-71(65)80(9,10)76(68)69/h11-51H,1-10H3. The molecule has 0 bridgehead atoms. The second-order valence-corrected chi connectivity index (χ2v) is 26.5. The number of rotatable bonds is 8. The molecule has 0 amide bonds. The number of hydrogen-bond acceptors (Lipinski definition) is 1. The molecule has 1 heteroatoms. The van der Waals surface area contributed by atoms with E-state index in [1.807, 2.05) is 0 Å². The van der Waals surface area contributed by atoms with Crippen molar-refractivity contribution >= 4 is 17.1 Å². The summed E-state index contributed by atoms with van der Waals surface area (Å²) < 4.78 is 0. The van der Waals surface area contributed by atoms with E-state index in [9.17, 15) is 0 Å². The average Bonchev–Trinajstić information content (AvgIpc) is 2.11. The van der Waals surface area contributed by atoms with Gasteiger partial charge in [-0.3, -0.25) is 0 Å². The molecule has 1 nitrogen and oxygen atoms in total. The van der Waals surface area contributed by atoms with Crippen molar-refractivity contribution in [2.75, 3.05) is 4.90 Å². The van der Waals surface area contributed by atoms with E-state index in [1.54, 1.807) is 0 Å². The maximum absolute atomic E-state index is 2.54. The number of fused-ring (bicyclic) bond motifs is 9. The lowest BCUT2D eigenvalue weighted by molar-refractivity contribution is 0.585. The molecule has 400 valence electrons. The van der Waals surface area contributed by atoms with Gasteiger partial charge in [-0.05, 0) is 164 Å². The van der Waals surface area contributed by atoms with E-state index in [4.69, 9.17) is 0 Å². The molecule has 0 radical (unpaired) electrons. The van der Waals surface area contributed by atoms with Crippen molar-refractivity contribution in [3.8, 4) is 66.8 Å². The Morgan fingerprint density at radius 1 is 0.280 bits per heavy atom. The summed E-state index contributed by atoms with van der Waals surface area (Å²) in [4.78, 5) is 2.53. The van der Waals surface area contributed by atoms with E-state index in [0.717, 1.165) is 17.1 Å². The monoisotopic (exact) mass is 1060 g/mol. The van der Waals surface area contributed by atoms with Gasteiger partial charge >= 0.3 is 0 Å². The van der Waals surface area contributed by atoms with Crippen molar-refractivity contribution in [3.05, 3.63) is 304 Å². The lowest BCUT2D eigenvalue weighted by Crippen LogP contribution is -2.30. The number of para-hydroxylation sites is 1. The molecule has 0 spiro atoms. The van der Waals surface area contributed by atoms with Crippen molar-refractivity contribution < 1.29 is 0 Å². The molecule has 0 aromatic heterocycles. The summed E-state index contributed by atoms with van der Waals surface area (Å²) >= 11 is 0. The number of benzene rings is 11. The van der Waals surface area contributed by atoms with Gasteiger partial charge in [0.2, 0.25) is 0 Å². The molecule has 0 atom stereocenters. The summed E-state index contributed by atoms with van der Waals surface area (Å²) in [6.45, 7) is 23.6. The topological polar surface area (TPSA) is 3.24 Å². The molecular weight excluding hydrogens is 987 g/mol. The predicted octanol–water partition coefficient (Wildman–Crippen LogP) is 21.7. The molecule has 0 heterocycles. The highest BCUT2D eigenvalue weighted by Crippen LogP contribution is 2.59. The Labute approximate surface area is 486 Å². The maximum atomic E-state index is 2.54. The quantitative estimate of drug-likeness (QED) is 0.147. The summed E-state index contributed by atoms with van der Waals surface area (Å²) in [5.41, 5.74) is 30.8. The van der Waals surface area contributed by atoms with Gasteiger partial charge in [-0.2, -0.15) is 0 Å². The van der Waals surface area contributed by atoms with Gasteiger partial charge in [0.1, 0.15) is 0 Å². The fourth-order valence-electron chi connectivity index (χ4n) is 14.7. The van der Waals surface area contributed by atoms with Gasteiger partial charge in [0.05, 0.1) is 11.1 Å². The van der Waals surface area contributed by atoms with Crippen molar-refractivity contribution in [2.45, 2.75) is 96.3 Å². The lowest BCUT2D eigenvalue weighted by Gasteiger charge is -2.37. The van der Waals surface area contributed by atoms with Crippen LogP contribution in [0.5, 0.6) is 0 Å². The fraction of sp³-hybridized carbons (Fsp3) is 0.185. The SMILES string of the molecule is CC(C)(C)c1cccc(C2(c3cccc(C(C)(C)C)c3)c3ccccc3-c3ccc(N(c4ccc(-c5ccccc5-c5cccc6c5C(C)(C)c5ccccc5-6)cc4)c4ccccc4-c4ccc5c(c4)C(C)(C)c4ccccc4-5)cc32)c1. The average molecular weight is 1060 g/mol. The largest absolute Gasteiger partial charge is 0.310 e. The highest BCUT2D eigenvalue weighted by Gasteiger charge is 2.47. The van der Waals surface area contributed by atoms with Gasteiger partial charge in [0, 0.05) is 27.8 Å². The van der Waals surface area contributed by atoms with Gasteiger partial charge < -0.3 is 4.90 Å². The van der Waals surface area contributed by atoms with Crippen molar-refractivity contribution in [3.63, 3.8) is 0 Å². The highest BCUT2D eigenvalue weighted by molar-refractivity contribution is 5.96. The Balaban J connectivity index is 0.988. The van der Waals surface area contributed by atoms with Crippen LogP contribution in [-0.4, -0.2) is 0 Å². The third-order valence-electron chi connectivity index (χ3n) is 18.9. The van der Waals surface area contributed by atoms with Gasteiger partial charge in [-0.15, -0.1) is 0 Å². The van der Waals surface area contributed by atoms with Crippen LogP contribution in [0.4, 0.5) is 17.1 Å². The second-order valence-electron chi connectivity index (χ2n) is 26.5. The van der Waals surface area contributed by atoms with E-state index in [-0.39, 0.29) is 21.7 Å². The molecule has 3 aliphatic rings. The van der Waals surface area contributed by atoms with Crippen molar-refractivity contribution in [2.24, 2.45) is 0 Å². The third kappa shape index (κ3) is 7.80. The molecule has 82 heavy (non-hydrogen) atoms. The summed E-state index contributed by atoms with van der Waals surface area (Å²) in [5.74, 6) is 0. The first-order valence-corrected chi connectivity index (χ1v) is 29.5. The van der Waals surface area contributed by atoms with Crippen LogP contribution in [0.2, 0.25) is 0 Å².